The average Bonchev–Trinajstić information content (AvgIpc) is 2.39. The summed E-state index contributed by atoms with van der Waals surface area (Å²) >= 11 is 0. The van der Waals surface area contributed by atoms with E-state index in [-0.39, 0.29) is 21.7 Å². The number of anilines is 1. The van der Waals surface area contributed by atoms with Crippen molar-refractivity contribution < 1.29 is 18.3 Å². The van der Waals surface area contributed by atoms with Crippen molar-refractivity contribution in [1.82, 2.24) is 0 Å². The summed E-state index contributed by atoms with van der Waals surface area (Å²) in [6.07, 6.45) is 0. The monoisotopic (exact) mass is 225 g/mol. The Kier molecular flexibility index (Phi) is 1.84. The Morgan fingerprint density at radius 2 is 2.00 bits per heavy atom. The van der Waals surface area contributed by atoms with Crippen LogP contribution in [0.5, 0.6) is 0 Å². The zero-order chi connectivity index (χ0) is 11.2. The van der Waals surface area contributed by atoms with Gasteiger partial charge in [-0.2, -0.15) is 0 Å². The molecule has 0 saturated heterocycles. The number of rotatable bonds is 1. The molecular weight excluding hydrogens is 218 g/mol. The van der Waals surface area contributed by atoms with Crippen molar-refractivity contribution in [1.29, 1.82) is 0 Å². The molecule has 5 nitrogen and oxygen atoms in total. The second-order valence-electron chi connectivity index (χ2n) is 3.11. The first kappa shape index (κ1) is 9.72. The average molecular weight is 225 g/mol. The van der Waals surface area contributed by atoms with Gasteiger partial charge < -0.3 is 10.8 Å². The van der Waals surface area contributed by atoms with Crippen LogP contribution in [0.4, 0.5) is 5.69 Å². The maximum atomic E-state index is 11.6. The summed E-state index contributed by atoms with van der Waals surface area (Å²) in [7, 11) is -3.70. The summed E-state index contributed by atoms with van der Waals surface area (Å²) in [6.45, 7) is 0. The number of fused-ring (bicyclic) bond motifs is 1. The highest BCUT2D eigenvalue weighted by Crippen LogP contribution is 2.36. The molecule has 2 rings (SSSR count). The maximum Gasteiger partial charge on any atom is 0.337 e. The third-order valence-corrected chi connectivity index (χ3v) is 3.69. The summed E-state index contributed by atoms with van der Waals surface area (Å²) in [4.78, 5) is 10.7. The van der Waals surface area contributed by atoms with Crippen molar-refractivity contribution in [2.75, 3.05) is 5.73 Å². The van der Waals surface area contributed by atoms with E-state index in [2.05, 4.69) is 0 Å². The van der Waals surface area contributed by atoms with Crippen molar-refractivity contribution in [3.05, 3.63) is 29.2 Å². The predicted molar refractivity (Wildman–Crippen MR) is 53.7 cm³/mol. The number of sulfone groups is 1. The molecule has 0 aliphatic carbocycles. The quantitative estimate of drug-likeness (QED) is 0.677. The van der Waals surface area contributed by atoms with E-state index in [0.29, 0.717) is 0 Å². The van der Waals surface area contributed by atoms with Gasteiger partial charge in [-0.15, -0.1) is 0 Å². The van der Waals surface area contributed by atoms with Gasteiger partial charge in [0.05, 0.1) is 16.7 Å². The number of hydrogen-bond acceptors (Lipinski definition) is 4. The number of benzene rings is 1. The number of carbonyl (C=O) groups is 1. The summed E-state index contributed by atoms with van der Waals surface area (Å²) in [6, 6.07) is 4.37. The molecule has 0 unspecified atom stereocenters. The number of nitrogen functional groups attached to an aromatic ring is 1. The SMILES string of the molecule is Nc1cccc2c1S(=O)(=O)C=C2C(=O)O. The third-order valence-electron chi connectivity index (χ3n) is 2.12. The number of hydrogen-bond donors (Lipinski definition) is 2. The first-order valence-electron chi connectivity index (χ1n) is 4.02. The molecule has 1 aromatic carbocycles. The Labute approximate surface area is 85.8 Å². The number of aliphatic carboxylic acids is 1. The van der Waals surface area contributed by atoms with Crippen LogP contribution in [0.1, 0.15) is 5.56 Å². The zero-order valence-electron chi connectivity index (χ0n) is 7.47. The van der Waals surface area contributed by atoms with Crippen LogP contribution in [0.25, 0.3) is 5.57 Å². The smallest absolute Gasteiger partial charge is 0.337 e. The van der Waals surface area contributed by atoms with Crippen molar-refractivity contribution >= 4 is 27.1 Å². The van der Waals surface area contributed by atoms with Crippen molar-refractivity contribution in [3.8, 4) is 0 Å². The molecule has 1 aromatic rings. The minimum Gasteiger partial charge on any atom is -0.478 e. The van der Waals surface area contributed by atoms with E-state index >= 15 is 0 Å². The highest BCUT2D eigenvalue weighted by atomic mass is 32.2. The minimum absolute atomic E-state index is 0.0694. The van der Waals surface area contributed by atoms with Crippen molar-refractivity contribution in [2.24, 2.45) is 0 Å². The Hall–Kier alpha value is -1.82. The molecule has 0 radical (unpaired) electrons. The van der Waals surface area contributed by atoms with Gasteiger partial charge in [0.1, 0.15) is 4.90 Å². The minimum atomic E-state index is -3.70. The Morgan fingerprint density at radius 3 is 2.60 bits per heavy atom. The standard InChI is InChI=1S/C9H7NO4S/c10-7-3-1-2-5-6(9(11)12)4-15(13,14)8(5)7/h1-4H,10H2,(H,11,12). The maximum absolute atomic E-state index is 11.6. The molecule has 0 saturated carbocycles. The van der Waals surface area contributed by atoms with E-state index < -0.39 is 15.8 Å². The summed E-state index contributed by atoms with van der Waals surface area (Å²) in [5, 5.41) is 9.54. The lowest BCUT2D eigenvalue weighted by Gasteiger charge is -2.02. The van der Waals surface area contributed by atoms with E-state index in [1.807, 2.05) is 0 Å². The fourth-order valence-electron chi connectivity index (χ4n) is 1.53. The Balaban J connectivity index is 2.85. The molecule has 6 heteroatoms. The highest BCUT2D eigenvalue weighted by Gasteiger charge is 2.32. The van der Waals surface area contributed by atoms with Gasteiger partial charge in [0, 0.05) is 5.56 Å². The van der Waals surface area contributed by atoms with Crippen LogP contribution in [0.2, 0.25) is 0 Å². The van der Waals surface area contributed by atoms with Gasteiger partial charge in [0.2, 0.25) is 9.84 Å². The van der Waals surface area contributed by atoms with Gasteiger partial charge >= 0.3 is 5.97 Å². The predicted octanol–water partition coefficient (Wildman–Crippen LogP) is 0.482. The molecule has 0 amide bonds. The van der Waals surface area contributed by atoms with Crippen LogP contribution in [-0.4, -0.2) is 19.5 Å². The summed E-state index contributed by atoms with van der Waals surface area (Å²) in [5.41, 5.74) is 5.49. The van der Waals surface area contributed by atoms with E-state index in [9.17, 15) is 13.2 Å². The number of carboxylic acid groups (broad SMARTS) is 1. The van der Waals surface area contributed by atoms with E-state index in [4.69, 9.17) is 10.8 Å². The van der Waals surface area contributed by atoms with E-state index in [0.717, 1.165) is 5.41 Å². The van der Waals surface area contributed by atoms with Crippen LogP contribution in [-0.2, 0) is 14.6 Å². The number of nitrogens with two attached hydrogens (primary N) is 1. The lowest BCUT2D eigenvalue weighted by atomic mass is 10.1. The Morgan fingerprint density at radius 1 is 1.33 bits per heavy atom. The molecule has 0 fully saturated rings. The van der Waals surface area contributed by atoms with Gasteiger partial charge in [0.25, 0.3) is 0 Å². The highest BCUT2D eigenvalue weighted by molar-refractivity contribution is 7.95. The third kappa shape index (κ3) is 1.30. The van der Waals surface area contributed by atoms with Gasteiger partial charge in [-0.05, 0) is 6.07 Å². The molecule has 0 aromatic heterocycles. The van der Waals surface area contributed by atoms with Crippen molar-refractivity contribution in [3.63, 3.8) is 0 Å². The zero-order valence-corrected chi connectivity index (χ0v) is 8.28. The van der Waals surface area contributed by atoms with Crippen LogP contribution < -0.4 is 5.73 Å². The fraction of sp³-hybridized carbons (Fsp3) is 0. The van der Waals surface area contributed by atoms with Crippen molar-refractivity contribution in [2.45, 2.75) is 4.90 Å². The molecule has 15 heavy (non-hydrogen) atoms. The van der Waals surface area contributed by atoms with Gasteiger partial charge in [-0.25, -0.2) is 13.2 Å². The molecule has 1 aliphatic rings. The lowest BCUT2D eigenvalue weighted by molar-refractivity contribution is -0.130. The molecule has 0 bridgehead atoms. The molecule has 1 heterocycles. The molecule has 0 spiro atoms. The van der Waals surface area contributed by atoms with Crippen LogP contribution in [0.3, 0.4) is 0 Å². The fourth-order valence-corrected chi connectivity index (χ4v) is 3.06. The first-order chi connectivity index (χ1) is 6.93. The topological polar surface area (TPSA) is 97.5 Å². The first-order valence-corrected chi connectivity index (χ1v) is 5.57. The molecule has 78 valence electrons. The summed E-state index contributed by atoms with van der Waals surface area (Å²) < 4.78 is 23.1. The van der Waals surface area contributed by atoms with E-state index in [1.54, 1.807) is 0 Å². The second kappa shape index (κ2) is 2.83. The molecule has 0 atom stereocenters. The summed E-state index contributed by atoms with van der Waals surface area (Å²) in [5.74, 6) is -1.28. The largest absolute Gasteiger partial charge is 0.478 e. The molecule has 1 aliphatic heterocycles. The normalized spacial score (nSPS) is 16.9. The van der Waals surface area contributed by atoms with Gasteiger partial charge in [-0.1, -0.05) is 12.1 Å². The molecule has 3 N–H and O–H groups in total. The lowest BCUT2D eigenvalue weighted by Crippen LogP contribution is -2.00. The van der Waals surface area contributed by atoms with Crippen LogP contribution >= 0.6 is 0 Å². The molecular formula is C9H7NO4S. The second-order valence-corrected chi connectivity index (χ2v) is 4.84. The van der Waals surface area contributed by atoms with Gasteiger partial charge in [-0.3, -0.25) is 0 Å². The van der Waals surface area contributed by atoms with Crippen LogP contribution in [0, 0.1) is 0 Å². The van der Waals surface area contributed by atoms with E-state index in [1.165, 1.54) is 18.2 Å². The Bertz CT molecular complexity index is 586. The van der Waals surface area contributed by atoms with Gasteiger partial charge in [0.15, 0.2) is 0 Å². The number of carboxylic acids is 1. The van der Waals surface area contributed by atoms with Crippen LogP contribution in [0.15, 0.2) is 28.5 Å².